The van der Waals surface area contributed by atoms with Crippen molar-refractivity contribution in [2.45, 2.75) is 46.1 Å². The monoisotopic (exact) mass is 359 g/mol. The quantitative estimate of drug-likeness (QED) is 0.594. The van der Waals surface area contributed by atoms with E-state index in [2.05, 4.69) is 92.0 Å². The zero-order valence-electron chi connectivity index (χ0n) is 16.7. The first-order valence-electron chi connectivity index (χ1n) is 9.75. The van der Waals surface area contributed by atoms with Crippen molar-refractivity contribution in [2.24, 2.45) is 9.98 Å². The Morgan fingerprint density at radius 2 is 2.00 bits per heavy atom. The average molecular weight is 360 g/mol. The first-order valence-corrected chi connectivity index (χ1v) is 9.75. The van der Waals surface area contributed by atoms with E-state index in [1.807, 2.05) is 0 Å². The summed E-state index contributed by atoms with van der Waals surface area (Å²) >= 11 is 0. The Labute approximate surface area is 163 Å². The van der Waals surface area contributed by atoms with Crippen LogP contribution in [-0.4, -0.2) is 24.0 Å². The van der Waals surface area contributed by atoms with Crippen molar-refractivity contribution in [3.05, 3.63) is 82.7 Å². The second kappa shape index (κ2) is 8.81. The molecule has 0 saturated heterocycles. The second-order valence-corrected chi connectivity index (χ2v) is 7.08. The molecule has 3 rings (SSSR count). The number of nitrogens with zero attached hydrogens (tertiary/aromatic N) is 3. The second-order valence-electron chi connectivity index (χ2n) is 7.08. The zero-order valence-corrected chi connectivity index (χ0v) is 16.7. The molecule has 0 amide bonds. The molecule has 0 unspecified atom stereocenters. The molecule has 1 heterocycles. The number of rotatable bonds is 5. The highest BCUT2D eigenvalue weighted by molar-refractivity contribution is 6.01. The minimum atomic E-state index is 0.110. The lowest BCUT2D eigenvalue weighted by Gasteiger charge is -2.32. The Balaban J connectivity index is 2.02. The predicted molar refractivity (Wildman–Crippen MR) is 116 cm³/mol. The van der Waals surface area contributed by atoms with Crippen LogP contribution < -0.4 is 0 Å². The predicted octanol–water partition coefficient (Wildman–Crippen LogP) is 5.98. The number of hydrogen-bond acceptors (Lipinski definition) is 3. The number of aliphatic imine (C=N–C) groups is 2. The van der Waals surface area contributed by atoms with Gasteiger partial charge in [0, 0.05) is 17.0 Å². The summed E-state index contributed by atoms with van der Waals surface area (Å²) in [5, 5.41) is 0. The molecule has 3 nitrogen and oxygen atoms in total. The Kier molecular flexibility index (Phi) is 6.23. The average Bonchev–Trinajstić information content (AvgIpc) is 2.98. The van der Waals surface area contributed by atoms with E-state index in [9.17, 15) is 0 Å². The lowest BCUT2D eigenvalue weighted by atomic mass is 10.0. The lowest BCUT2D eigenvalue weighted by molar-refractivity contribution is 0.561. The minimum absolute atomic E-state index is 0.110. The first kappa shape index (κ1) is 19.1. The Morgan fingerprint density at radius 3 is 2.70 bits per heavy atom. The van der Waals surface area contributed by atoms with E-state index in [0.29, 0.717) is 0 Å². The van der Waals surface area contributed by atoms with Gasteiger partial charge in [-0.15, -0.1) is 0 Å². The normalized spacial score (nSPS) is 19.0. The van der Waals surface area contributed by atoms with Crippen molar-refractivity contribution in [3.8, 4) is 0 Å². The van der Waals surface area contributed by atoms with Gasteiger partial charge in [-0.2, -0.15) is 0 Å². The zero-order chi connectivity index (χ0) is 19.2. The molecule has 27 heavy (non-hydrogen) atoms. The van der Waals surface area contributed by atoms with Crippen LogP contribution in [0, 0.1) is 0 Å². The summed E-state index contributed by atoms with van der Waals surface area (Å²) in [6.07, 6.45) is 14.6. The van der Waals surface area contributed by atoms with Gasteiger partial charge in [0.1, 0.15) is 5.84 Å². The molecule has 0 saturated carbocycles. The van der Waals surface area contributed by atoms with Crippen molar-refractivity contribution < 1.29 is 0 Å². The highest BCUT2D eigenvalue weighted by Crippen LogP contribution is 2.27. The molecule has 1 aliphatic heterocycles. The lowest BCUT2D eigenvalue weighted by Crippen LogP contribution is -2.35. The number of allylic oxidation sites excluding steroid dienone is 5. The van der Waals surface area contributed by atoms with Gasteiger partial charge < -0.3 is 4.90 Å². The van der Waals surface area contributed by atoms with Crippen molar-refractivity contribution in [2.75, 3.05) is 6.54 Å². The molecule has 140 valence electrons. The maximum absolute atomic E-state index is 4.99. The van der Waals surface area contributed by atoms with E-state index in [1.165, 1.54) is 23.3 Å². The van der Waals surface area contributed by atoms with Gasteiger partial charge in [-0.3, -0.25) is 4.99 Å². The van der Waals surface area contributed by atoms with Crippen LogP contribution in [0.5, 0.6) is 0 Å². The highest BCUT2D eigenvalue weighted by atomic mass is 15.2. The minimum Gasteiger partial charge on any atom is -0.322 e. The third-order valence-corrected chi connectivity index (χ3v) is 5.14. The van der Waals surface area contributed by atoms with E-state index in [4.69, 9.17) is 4.99 Å². The topological polar surface area (TPSA) is 28.0 Å². The van der Waals surface area contributed by atoms with Gasteiger partial charge in [-0.25, -0.2) is 4.99 Å². The summed E-state index contributed by atoms with van der Waals surface area (Å²) in [6.45, 7) is 10.7. The van der Waals surface area contributed by atoms with E-state index < -0.39 is 0 Å². The largest absolute Gasteiger partial charge is 0.322 e. The van der Waals surface area contributed by atoms with E-state index in [1.54, 1.807) is 0 Å². The molecule has 3 heteroatoms. The fourth-order valence-corrected chi connectivity index (χ4v) is 3.43. The number of benzene rings is 1. The molecular weight excluding hydrogens is 330 g/mol. The SMILES string of the molecule is C=N[C@@H](C)c1ccc(C2=NC(C)=C(/C=C\C)CN2C2=CCCCC=C2)cc1. The molecule has 1 atom stereocenters. The summed E-state index contributed by atoms with van der Waals surface area (Å²) in [5.41, 5.74) is 5.90. The Bertz CT molecular complexity index is 835. The Morgan fingerprint density at radius 1 is 1.22 bits per heavy atom. The van der Waals surface area contributed by atoms with Crippen LogP contribution in [0.25, 0.3) is 0 Å². The smallest absolute Gasteiger partial charge is 0.140 e. The van der Waals surface area contributed by atoms with Crippen LogP contribution >= 0.6 is 0 Å². The number of hydrogen-bond donors (Lipinski definition) is 0. The van der Waals surface area contributed by atoms with Crippen LogP contribution in [0.2, 0.25) is 0 Å². The van der Waals surface area contributed by atoms with E-state index in [0.717, 1.165) is 36.5 Å². The van der Waals surface area contributed by atoms with Crippen LogP contribution in [0.4, 0.5) is 0 Å². The molecule has 0 aromatic heterocycles. The standard InChI is InChI=1S/C24H29N3/c1-5-10-22-17-27(23-11-8-6-7-9-12-23)24(26-19(22)3)21-15-13-20(14-16-21)18(2)25-4/h5,8,10-16,18H,4,6-7,9,17H2,1-3H3/b10-5-/t18-/m0/s1. The summed E-state index contributed by atoms with van der Waals surface area (Å²) in [4.78, 5) is 11.5. The summed E-state index contributed by atoms with van der Waals surface area (Å²) in [7, 11) is 0. The molecule has 1 aliphatic carbocycles. The number of amidine groups is 1. The van der Waals surface area contributed by atoms with Gasteiger partial charge in [-0.1, -0.05) is 48.6 Å². The third-order valence-electron chi connectivity index (χ3n) is 5.14. The van der Waals surface area contributed by atoms with Gasteiger partial charge >= 0.3 is 0 Å². The molecule has 0 bridgehead atoms. The van der Waals surface area contributed by atoms with Gasteiger partial charge in [0.2, 0.25) is 0 Å². The van der Waals surface area contributed by atoms with E-state index >= 15 is 0 Å². The molecule has 2 aliphatic rings. The molecule has 1 aromatic carbocycles. The molecule has 0 fully saturated rings. The fourth-order valence-electron chi connectivity index (χ4n) is 3.43. The van der Waals surface area contributed by atoms with Gasteiger partial charge in [0.15, 0.2) is 0 Å². The molecular formula is C24H29N3. The summed E-state index contributed by atoms with van der Waals surface area (Å²) in [6, 6.07) is 8.68. The van der Waals surface area contributed by atoms with Crippen LogP contribution in [-0.2, 0) is 0 Å². The third kappa shape index (κ3) is 4.36. The van der Waals surface area contributed by atoms with Gasteiger partial charge in [0.05, 0.1) is 12.6 Å². The molecule has 0 N–H and O–H groups in total. The van der Waals surface area contributed by atoms with Crippen LogP contribution in [0.3, 0.4) is 0 Å². The van der Waals surface area contributed by atoms with E-state index in [-0.39, 0.29) is 6.04 Å². The van der Waals surface area contributed by atoms with Gasteiger partial charge in [0.25, 0.3) is 0 Å². The van der Waals surface area contributed by atoms with Crippen molar-refractivity contribution in [3.63, 3.8) is 0 Å². The first-order chi connectivity index (χ1) is 13.1. The maximum Gasteiger partial charge on any atom is 0.140 e. The summed E-state index contributed by atoms with van der Waals surface area (Å²) < 4.78 is 0. The maximum atomic E-state index is 4.99. The van der Waals surface area contributed by atoms with Crippen molar-refractivity contribution in [1.82, 2.24) is 4.90 Å². The fraction of sp³-hybridized carbons (Fsp3) is 0.333. The molecule has 0 radical (unpaired) electrons. The summed E-state index contributed by atoms with van der Waals surface area (Å²) in [5.74, 6) is 1.02. The van der Waals surface area contributed by atoms with Gasteiger partial charge in [-0.05, 0) is 64.0 Å². The molecule has 0 spiro atoms. The highest BCUT2D eigenvalue weighted by Gasteiger charge is 2.23. The van der Waals surface area contributed by atoms with Crippen molar-refractivity contribution in [1.29, 1.82) is 0 Å². The van der Waals surface area contributed by atoms with Crippen LogP contribution in [0.1, 0.15) is 57.2 Å². The molecule has 1 aromatic rings. The van der Waals surface area contributed by atoms with Crippen molar-refractivity contribution >= 4 is 12.6 Å². The Hall–Kier alpha value is -2.68. The van der Waals surface area contributed by atoms with Crippen LogP contribution in [0.15, 0.2) is 81.6 Å².